The standard InChI is InChI=1S/C14H14Cl2O4/c1-3-14(4-2)19-11(12(20-14)13(17)18)9-6-5-8(15)7-10(9)16/h5-7H,3-4H2,1-2H3,(H,17,18). The lowest BCUT2D eigenvalue weighted by Crippen LogP contribution is -2.29. The molecule has 1 aliphatic rings. The van der Waals surface area contributed by atoms with E-state index in [-0.39, 0.29) is 11.5 Å². The monoisotopic (exact) mass is 316 g/mol. The van der Waals surface area contributed by atoms with Gasteiger partial charge in [-0.25, -0.2) is 4.79 Å². The van der Waals surface area contributed by atoms with E-state index in [1.807, 2.05) is 13.8 Å². The highest BCUT2D eigenvalue weighted by atomic mass is 35.5. The van der Waals surface area contributed by atoms with Crippen LogP contribution in [0.25, 0.3) is 5.76 Å². The van der Waals surface area contributed by atoms with Crippen LogP contribution in [0.3, 0.4) is 0 Å². The molecule has 108 valence electrons. The van der Waals surface area contributed by atoms with Gasteiger partial charge in [-0.05, 0) is 18.2 Å². The van der Waals surface area contributed by atoms with Gasteiger partial charge in [-0.2, -0.15) is 0 Å². The van der Waals surface area contributed by atoms with Crippen LogP contribution < -0.4 is 0 Å². The van der Waals surface area contributed by atoms with E-state index in [9.17, 15) is 9.90 Å². The van der Waals surface area contributed by atoms with Crippen LogP contribution in [0.2, 0.25) is 10.0 Å². The maximum absolute atomic E-state index is 11.4. The van der Waals surface area contributed by atoms with Gasteiger partial charge >= 0.3 is 5.97 Å². The molecule has 1 heterocycles. The van der Waals surface area contributed by atoms with Crippen LogP contribution in [0.15, 0.2) is 24.0 Å². The molecule has 0 aromatic heterocycles. The number of benzene rings is 1. The third-order valence-electron chi connectivity index (χ3n) is 3.23. The van der Waals surface area contributed by atoms with E-state index in [4.69, 9.17) is 32.7 Å². The molecule has 0 radical (unpaired) electrons. The van der Waals surface area contributed by atoms with Crippen molar-refractivity contribution >= 4 is 34.9 Å². The Bertz CT molecular complexity index is 577. The van der Waals surface area contributed by atoms with Crippen molar-refractivity contribution in [3.8, 4) is 0 Å². The van der Waals surface area contributed by atoms with Crippen LogP contribution in [-0.2, 0) is 14.3 Å². The zero-order valence-corrected chi connectivity index (χ0v) is 12.6. The molecule has 4 nitrogen and oxygen atoms in total. The van der Waals surface area contributed by atoms with Crippen molar-refractivity contribution in [2.75, 3.05) is 0 Å². The first-order valence-electron chi connectivity index (χ1n) is 6.23. The first kappa shape index (κ1) is 15.0. The molecule has 1 N–H and O–H groups in total. The molecular formula is C14H14Cl2O4. The van der Waals surface area contributed by atoms with Crippen LogP contribution in [0.1, 0.15) is 32.3 Å². The second kappa shape index (κ2) is 5.54. The maximum atomic E-state index is 11.4. The lowest BCUT2D eigenvalue weighted by Gasteiger charge is -2.25. The number of ether oxygens (including phenoxy) is 2. The normalized spacial score (nSPS) is 16.8. The van der Waals surface area contributed by atoms with E-state index in [0.29, 0.717) is 28.5 Å². The molecule has 0 spiro atoms. The lowest BCUT2D eigenvalue weighted by atomic mass is 10.1. The summed E-state index contributed by atoms with van der Waals surface area (Å²) in [5.74, 6) is -2.22. The minimum absolute atomic E-state index is 0.142. The number of aliphatic carboxylic acids is 1. The first-order valence-corrected chi connectivity index (χ1v) is 6.99. The fraction of sp³-hybridized carbons (Fsp3) is 0.357. The Kier molecular flexibility index (Phi) is 4.16. The highest BCUT2D eigenvalue weighted by Gasteiger charge is 2.43. The van der Waals surface area contributed by atoms with Crippen molar-refractivity contribution in [1.29, 1.82) is 0 Å². The Hall–Kier alpha value is -1.39. The van der Waals surface area contributed by atoms with E-state index in [0.717, 1.165) is 0 Å². The van der Waals surface area contributed by atoms with Crippen LogP contribution >= 0.6 is 23.2 Å². The highest BCUT2D eigenvalue weighted by Crippen LogP contribution is 2.42. The molecule has 2 rings (SSSR count). The van der Waals surface area contributed by atoms with E-state index < -0.39 is 11.8 Å². The number of carbonyl (C=O) groups is 1. The van der Waals surface area contributed by atoms with Crippen molar-refractivity contribution < 1.29 is 19.4 Å². The van der Waals surface area contributed by atoms with Gasteiger partial charge in [0.05, 0.1) is 5.02 Å². The van der Waals surface area contributed by atoms with Crippen molar-refractivity contribution in [3.63, 3.8) is 0 Å². The molecule has 0 saturated carbocycles. The van der Waals surface area contributed by atoms with Crippen molar-refractivity contribution in [2.45, 2.75) is 32.5 Å². The Morgan fingerprint density at radius 1 is 1.25 bits per heavy atom. The number of halogens is 2. The highest BCUT2D eigenvalue weighted by molar-refractivity contribution is 6.35. The van der Waals surface area contributed by atoms with E-state index >= 15 is 0 Å². The summed E-state index contributed by atoms with van der Waals surface area (Å²) in [6.07, 6.45) is 1.05. The van der Waals surface area contributed by atoms with Gasteiger partial charge in [-0.1, -0.05) is 37.0 Å². The van der Waals surface area contributed by atoms with Crippen LogP contribution in [0.4, 0.5) is 0 Å². The molecule has 0 bridgehead atoms. The van der Waals surface area contributed by atoms with Gasteiger partial charge in [-0.3, -0.25) is 0 Å². The average Bonchev–Trinajstić information content (AvgIpc) is 2.79. The molecule has 0 amide bonds. The predicted octanol–water partition coefficient (Wildman–Crippen LogP) is 4.31. The molecule has 0 fully saturated rings. The number of carboxylic acid groups (broad SMARTS) is 1. The Morgan fingerprint density at radius 3 is 2.40 bits per heavy atom. The van der Waals surface area contributed by atoms with Crippen molar-refractivity contribution in [2.24, 2.45) is 0 Å². The van der Waals surface area contributed by atoms with Gasteiger partial charge in [0.15, 0.2) is 5.76 Å². The second-order valence-electron chi connectivity index (χ2n) is 4.41. The molecule has 6 heteroatoms. The molecule has 0 saturated heterocycles. The van der Waals surface area contributed by atoms with Gasteiger partial charge in [0.1, 0.15) is 0 Å². The van der Waals surface area contributed by atoms with Gasteiger partial charge in [0.2, 0.25) is 0 Å². The summed E-state index contributed by atoms with van der Waals surface area (Å²) in [5, 5.41) is 10.1. The first-order chi connectivity index (χ1) is 9.42. The fourth-order valence-electron chi connectivity index (χ4n) is 2.02. The minimum atomic E-state index is -1.19. The zero-order valence-electron chi connectivity index (χ0n) is 11.1. The molecular weight excluding hydrogens is 303 g/mol. The number of hydrogen-bond acceptors (Lipinski definition) is 3. The summed E-state index contributed by atoms with van der Waals surface area (Å²) in [7, 11) is 0. The van der Waals surface area contributed by atoms with Gasteiger partial charge < -0.3 is 14.6 Å². The summed E-state index contributed by atoms with van der Waals surface area (Å²) in [4.78, 5) is 11.4. The average molecular weight is 317 g/mol. The summed E-state index contributed by atoms with van der Waals surface area (Å²) < 4.78 is 11.3. The number of rotatable bonds is 4. The van der Waals surface area contributed by atoms with Gasteiger partial charge in [0, 0.05) is 23.4 Å². The smallest absolute Gasteiger partial charge is 0.375 e. The molecule has 1 aliphatic heterocycles. The lowest BCUT2D eigenvalue weighted by molar-refractivity contribution is -0.162. The molecule has 0 unspecified atom stereocenters. The zero-order chi connectivity index (χ0) is 14.9. The Balaban J connectivity index is 2.51. The summed E-state index contributed by atoms with van der Waals surface area (Å²) >= 11 is 12.0. The summed E-state index contributed by atoms with van der Waals surface area (Å²) in [6.45, 7) is 3.74. The Morgan fingerprint density at radius 2 is 1.90 bits per heavy atom. The van der Waals surface area contributed by atoms with E-state index in [1.165, 1.54) is 6.07 Å². The Labute approximate surface area is 126 Å². The minimum Gasteiger partial charge on any atom is -0.475 e. The van der Waals surface area contributed by atoms with E-state index in [2.05, 4.69) is 0 Å². The van der Waals surface area contributed by atoms with Crippen LogP contribution in [-0.4, -0.2) is 16.9 Å². The quantitative estimate of drug-likeness (QED) is 0.899. The third-order valence-corrected chi connectivity index (χ3v) is 3.78. The fourth-order valence-corrected chi connectivity index (χ4v) is 2.51. The van der Waals surface area contributed by atoms with Gasteiger partial charge in [-0.15, -0.1) is 0 Å². The van der Waals surface area contributed by atoms with Crippen molar-refractivity contribution in [1.82, 2.24) is 0 Å². The molecule has 0 atom stereocenters. The van der Waals surface area contributed by atoms with Crippen LogP contribution in [0.5, 0.6) is 0 Å². The molecule has 20 heavy (non-hydrogen) atoms. The molecule has 0 aliphatic carbocycles. The maximum Gasteiger partial charge on any atom is 0.375 e. The summed E-state index contributed by atoms with van der Waals surface area (Å²) in [6, 6.07) is 4.77. The molecule has 1 aromatic carbocycles. The largest absolute Gasteiger partial charge is 0.475 e. The third kappa shape index (κ3) is 2.58. The summed E-state index contributed by atoms with van der Waals surface area (Å²) in [5.41, 5.74) is 0.456. The SMILES string of the molecule is CCC1(CC)OC(C(=O)O)=C(c2ccc(Cl)cc2Cl)O1. The van der Waals surface area contributed by atoms with Crippen molar-refractivity contribution in [3.05, 3.63) is 39.6 Å². The second-order valence-corrected chi connectivity index (χ2v) is 5.25. The number of hydrogen-bond donors (Lipinski definition) is 1. The molecule has 1 aromatic rings. The van der Waals surface area contributed by atoms with Gasteiger partial charge in [0.25, 0.3) is 11.5 Å². The van der Waals surface area contributed by atoms with E-state index in [1.54, 1.807) is 12.1 Å². The topological polar surface area (TPSA) is 55.8 Å². The van der Waals surface area contributed by atoms with Crippen LogP contribution in [0, 0.1) is 0 Å². The number of carboxylic acids is 1. The predicted molar refractivity (Wildman–Crippen MR) is 76.5 cm³/mol.